The standard InChI is InChI=1S/C24H21Cl2N3O2S/c1-16-3-9-21(10-4-16)31-14-23-27-28-24(29(23)19-7-11-20(30-2)12-8-19)32-15-17-5-6-18(25)13-22(17)26/h3-13H,14-15H2,1-2H3. The number of aromatic nitrogens is 3. The first-order chi connectivity index (χ1) is 15.5. The molecule has 164 valence electrons. The van der Waals surface area contributed by atoms with Crippen LogP contribution in [0.2, 0.25) is 10.0 Å². The number of methoxy groups -OCH3 is 1. The van der Waals surface area contributed by atoms with E-state index in [9.17, 15) is 0 Å². The molecule has 8 heteroatoms. The minimum Gasteiger partial charge on any atom is -0.497 e. The molecule has 0 aliphatic rings. The Kier molecular flexibility index (Phi) is 7.25. The van der Waals surface area contributed by atoms with Crippen molar-refractivity contribution in [1.82, 2.24) is 14.8 Å². The van der Waals surface area contributed by atoms with Gasteiger partial charge in [-0.3, -0.25) is 4.57 Å². The summed E-state index contributed by atoms with van der Waals surface area (Å²) in [5, 5.41) is 10.8. The lowest BCUT2D eigenvalue weighted by molar-refractivity contribution is 0.292. The molecule has 0 saturated carbocycles. The topological polar surface area (TPSA) is 49.2 Å². The van der Waals surface area contributed by atoms with E-state index in [-0.39, 0.29) is 6.61 Å². The molecule has 5 nitrogen and oxygen atoms in total. The van der Waals surface area contributed by atoms with Crippen LogP contribution in [0.15, 0.2) is 71.9 Å². The van der Waals surface area contributed by atoms with Crippen LogP contribution in [0.25, 0.3) is 5.69 Å². The molecule has 3 aromatic carbocycles. The van der Waals surface area contributed by atoms with E-state index in [1.165, 1.54) is 5.56 Å². The minimum atomic E-state index is 0.282. The molecule has 0 aliphatic heterocycles. The molecule has 0 radical (unpaired) electrons. The van der Waals surface area contributed by atoms with Crippen molar-refractivity contribution in [2.75, 3.05) is 7.11 Å². The average Bonchev–Trinajstić information content (AvgIpc) is 3.21. The van der Waals surface area contributed by atoms with E-state index < -0.39 is 0 Å². The number of aryl methyl sites for hydroxylation is 1. The first-order valence-corrected chi connectivity index (χ1v) is 11.6. The van der Waals surface area contributed by atoms with Gasteiger partial charge in [0, 0.05) is 21.5 Å². The van der Waals surface area contributed by atoms with Gasteiger partial charge in [-0.2, -0.15) is 0 Å². The zero-order valence-electron chi connectivity index (χ0n) is 17.6. The molecule has 1 heterocycles. The van der Waals surface area contributed by atoms with Crippen molar-refractivity contribution >= 4 is 35.0 Å². The van der Waals surface area contributed by atoms with Crippen molar-refractivity contribution in [3.05, 3.63) is 93.7 Å². The summed E-state index contributed by atoms with van der Waals surface area (Å²) in [7, 11) is 1.64. The largest absolute Gasteiger partial charge is 0.497 e. The Bertz CT molecular complexity index is 1200. The molecular formula is C24H21Cl2N3O2S. The van der Waals surface area contributed by atoms with Gasteiger partial charge in [0.2, 0.25) is 0 Å². The maximum atomic E-state index is 6.35. The normalized spacial score (nSPS) is 10.9. The summed E-state index contributed by atoms with van der Waals surface area (Å²) in [6.07, 6.45) is 0. The number of halogens is 2. The highest BCUT2D eigenvalue weighted by Crippen LogP contribution is 2.30. The van der Waals surface area contributed by atoms with E-state index >= 15 is 0 Å². The zero-order valence-corrected chi connectivity index (χ0v) is 19.9. The van der Waals surface area contributed by atoms with E-state index in [1.54, 1.807) is 24.9 Å². The fourth-order valence-electron chi connectivity index (χ4n) is 3.04. The fraction of sp³-hybridized carbons (Fsp3) is 0.167. The Balaban J connectivity index is 1.60. The van der Waals surface area contributed by atoms with Gasteiger partial charge in [-0.1, -0.05) is 58.7 Å². The van der Waals surface area contributed by atoms with Crippen LogP contribution in [-0.4, -0.2) is 21.9 Å². The number of hydrogen-bond donors (Lipinski definition) is 0. The lowest BCUT2D eigenvalue weighted by atomic mass is 10.2. The number of rotatable bonds is 8. The lowest BCUT2D eigenvalue weighted by Gasteiger charge is -2.12. The fourth-order valence-corrected chi connectivity index (χ4v) is 4.57. The molecule has 0 unspecified atom stereocenters. The summed E-state index contributed by atoms with van der Waals surface area (Å²) >= 11 is 13.9. The predicted octanol–water partition coefficient (Wildman–Crippen LogP) is 6.76. The SMILES string of the molecule is COc1ccc(-n2c(COc3ccc(C)cc3)nnc2SCc2ccc(Cl)cc2Cl)cc1. The molecule has 0 spiro atoms. The third-order valence-electron chi connectivity index (χ3n) is 4.79. The van der Waals surface area contributed by atoms with E-state index in [0.717, 1.165) is 27.9 Å². The molecule has 4 aromatic rings. The van der Waals surface area contributed by atoms with Crippen LogP contribution in [0.5, 0.6) is 11.5 Å². The second kappa shape index (κ2) is 10.3. The highest BCUT2D eigenvalue weighted by molar-refractivity contribution is 7.98. The lowest BCUT2D eigenvalue weighted by Crippen LogP contribution is -2.06. The molecule has 0 fully saturated rings. The minimum absolute atomic E-state index is 0.282. The number of benzene rings is 3. The van der Waals surface area contributed by atoms with Gasteiger partial charge in [-0.05, 0) is 61.0 Å². The van der Waals surface area contributed by atoms with Crippen molar-refractivity contribution in [1.29, 1.82) is 0 Å². The Morgan fingerprint density at radius 2 is 1.62 bits per heavy atom. The van der Waals surface area contributed by atoms with Crippen LogP contribution in [-0.2, 0) is 12.4 Å². The van der Waals surface area contributed by atoms with Crippen LogP contribution < -0.4 is 9.47 Å². The van der Waals surface area contributed by atoms with Gasteiger partial charge in [-0.25, -0.2) is 0 Å². The van der Waals surface area contributed by atoms with E-state index in [4.69, 9.17) is 32.7 Å². The molecule has 0 amide bonds. The van der Waals surface area contributed by atoms with Crippen LogP contribution in [0, 0.1) is 6.92 Å². The van der Waals surface area contributed by atoms with E-state index in [2.05, 4.69) is 10.2 Å². The third-order valence-corrected chi connectivity index (χ3v) is 6.36. The highest BCUT2D eigenvalue weighted by Gasteiger charge is 2.16. The summed E-state index contributed by atoms with van der Waals surface area (Å²) in [4.78, 5) is 0. The molecule has 4 rings (SSSR count). The Labute approximate surface area is 201 Å². The smallest absolute Gasteiger partial charge is 0.196 e. The average molecular weight is 486 g/mol. The summed E-state index contributed by atoms with van der Waals surface area (Å²) in [6, 6.07) is 21.2. The summed E-state index contributed by atoms with van der Waals surface area (Å²) in [5.74, 6) is 2.88. The maximum absolute atomic E-state index is 6.35. The van der Waals surface area contributed by atoms with Crippen molar-refractivity contribution in [3.63, 3.8) is 0 Å². The number of hydrogen-bond acceptors (Lipinski definition) is 5. The Morgan fingerprint density at radius 1 is 0.906 bits per heavy atom. The van der Waals surface area contributed by atoms with Crippen LogP contribution >= 0.6 is 35.0 Å². The van der Waals surface area contributed by atoms with E-state index in [1.807, 2.05) is 72.2 Å². The predicted molar refractivity (Wildman–Crippen MR) is 129 cm³/mol. The monoisotopic (exact) mass is 485 g/mol. The van der Waals surface area contributed by atoms with Gasteiger partial charge in [-0.15, -0.1) is 10.2 Å². The molecule has 0 saturated heterocycles. The third kappa shape index (κ3) is 5.38. The second-order valence-corrected chi connectivity index (χ2v) is 8.84. The first-order valence-electron chi connectivity index (χ1n) is 9.88. The summed E-state index contributed by atoms with van der Waals surface area (Å²) in [6.45, 7) is 2.32. The molecule has 0 atom stereocenters. The first kappa shape index (κ1) is 22.5. The zero-order chi connectivity index (χ0) is 22.5. The second-order valence-electron chi connectivity index (χ2n) is 7.06. The number of nitrogens with zero attached hydrogens (tertiary/aromatic N) is 3. The number of ether oxygens (including phenoxy) is 2. The molecule has 0 aliphatic carbocycles. The number of thioether (sulfide) groups is 1. The van der Waals surface area contributed by atoms with E-state index in [0.29, 0.717) is 21.6 Å². The van der Waals surface area contributed by atoms with Gasteiger partial charge < -0.3 is 9.47 Å². The Hall–Kier alpha value is -2.67. The van der Waals surface area contributed by atoms with Crippen molar-refractivity contribution in [2.24, 2.45) is 0 Å². The summed E-state index contributed by atoms with van der Waals surface area (Å²) in [5.41, 5.74) is 3.07. The van der Waals surface area contributed by atoms with Crippen molar-refractivity contribution in [2.45, 2.75) is 24.4 Å². The van der Waals surface area contributed by atoms with Crippen molar-refractivity contribution < 1.29 is 9.47 Å². The summed E-state index contributed by atoms with van der Waals surface area (Å²) < 4.78 is 13.3. The van der Waals surface area contributed by atoms with Gasteiger partial charge >= 0.3 is 0 Å². The maximum Gasteiger partial charge on any atom is 0.196 e. The quantitative estimate of drug-likeness (QED) is 0.258. The van der Waals surface area contributed by atoms with Crippen LogP contribution in [0.3, 0.4) is 0 Å². The van der Waals surface area contributed by atoms with Crippen LogP contribution in [0.1, 0.15) is 17.0 Å². The van der Waals surface area contributed by atoms with Crippen LogP contribution in [0.4, 0.5) is 0 Å². The van der Waals surface area contributed by atoms with Gasteiger partial charge in [0.15, 0.2) is 11.0 Å². The molecule has 0 N–H and O–H groups in total. The molecule has 0 bridgehead atoms. The van der Waals surface area contributed by atoms with Gasteiger partial charge in [0.25, 0.3) is 0 Å². The molecule has 32 heavy (non-hydrogen) atoms. The molecule has 1 aromatic heterocycles. The van der Waals surface area contributed by atoms with Gasteiger partial charge in [0.05, 0.1) is 7.11 Å². The van der Waals surface area contributed by atoms with Crippen molar-refractivity contribution in [3.8, 4) is 17.2 Å². The highest BCUT2D eigenvalue weighted by atomic mass is 35.5. The Morgan fingerprint density at radius 3 is 2.31 bits per heavy atom. The van der Waals surface area contributed by atoms with Gasteiger partial charge in [0.1, 0.15) is 18.1 Å². The molecular weight excluding hydrogens is 465 g/mol.